The molecule has 1 unspecified atom stereocenters. The zero-order chi connectivity index (χ0) is 4.99. The summed E-state index contributed by atoms with van der Waals surface area (Å²) < 4.78 is 15.6. The van der Waals surface area contributed by atoms with Gasteiger partial charge in [-0.1, -0.05) is 11.6 Å². The molecule has 6 heavy (non-hydrogen) atoms. The summed E-state index contributed by atoms with van der Waals surface area (Å²) in [7, 11) is 1.40. The van der Waals surface area contributed by atoms with Gasteiger partial charge in [0.2, 0.25) is 0 Å². The van der Waals surface area contributed by atoms with Gasteiger partial charge in [-0.05, 0) is 0 Å². The van der Waals surface area contributed by atoms with Crippen LogP contribution in [0.5, 0.6) is 0 Å². The van der Waals surface area contributed by atoms with Gasteiger partial charge in [-0.25, -0.2) is 4.39 Å². The molecular formula is C3H6ClFO. The van der Waals surface area contributed by atoms with Gasteiger partial charge in [-0.15, -0.1) is 0 Å². The second kappa shape index (κ2) is 3.37. The molecule has 0 fully saturated rings. The maximum atomic E-state index is 11.3. The third-order valence-corrected chi connectivity index (χ3v) is 0.419. The second-order valence-corrected chi connectivity index (χ2v) is 1.32. The minimum absolute atomic E-state index is 0.0262. The van der Waals surface area contributed by atoms with Crippen LogP contribution in [0.2, 0.25) is 0 Å². The van der Waals surface area contributed by atoms with Crippen LogP contribution in [-0.4, -0.2) is 19.3 Å². The molecule has 0 amide bonds. The van der Waals surface area contributed by atoms with Crippen LogP contribution in [-0.2, 0) is 4.74 Å². The molecule has 0 aliphatic heterocycles. The van der Waals surface area contributed by atoms with E-state index in [9.17, 15) is 4.39 Å². The van der Waals surface area contributed by atoms with Gasteiger partial charge in [0.15, 0.2) is 5.63 Å². The number of halogens is 2. The summed E-state index contributed by atoms with van der Waals surface area (Å²) in [6.07, 6.45) is 0. The van der Waals surface area contributed by atoms with Crippen molar-refractivity contribution < 1.29 is 9.13 Å². The molecule has 0 aromatic heterocycles. The normalized spacial score (nSPS) is 14.5. The summed E-state index contributed by atoms with van der Waals surface area (Å²) in [4.78, 5) is 0. The van der Waals surface area contributed by atoms with E-state index in [0.717, 1.165) is 0 Å². The Morgan fingerprint density at radius 1 is 2.00 bits per heavy atom. The highest BCUT2D eigenvalue weighted by Crippen LogP contribution is 1.94. The minimum atomic E-state index is -1.35. The van der Waals surface area contributed by atoms with Gasteiger partial charge in [0.05, 0.1) is 6.61 Å². The molecule has 0 saturated heterocycles. The minimum Gasteiger partial charge on any atom is -0.380 e. The number of ether oxygens (including phenoxy) is 1. The van der Waals surface area contributed by atoms with Crippen molar-refractivity contribution in [3.63, 3.8) is 0 Å². The summed E-state index contributed by atoms with van der Waals surface area (Å²) in [5, 5.41) is 0. The second-order valence-electron chi connectivity index (χ2n) is 0.846. The number of methoxy groups -OCH3 is 1. The molecule has 0 saturated carbocycles. The molecule has 0 rings (SSSR count). The zero-order valence-corrected chi connectivity index (χ0v) is 4.20. The van der Waals surface area contributed by atoms with E-state index >= 15 is 0 Å². The quantitative estimate of drug-likeness (QED) is 0.488. The molecule has 0 aliphatic rings. The van der Waals surface area contributed by atoms with E-state index in [1.54, 1.807) is 0 Å². The number of hydrogen-bond donors (Lipinski definition) is 0. The van der Waals surface area contributed by atoms with Crippen LogP contribution in [0.1, 0.15) is 0 Å². The molecule has 0 radical (unpaired) electrons. The fourth-order valence-corrected chi connectivity index (χ4v) is 0.252. The maximum Gasteiger partial charge on any atom is 0.196 e. The van der Waals surface area contributed by atoms with Gasteiger partial charge in [-0.2, -0.15) is 0 Å². The van der Waals surface area contributed by atoms with E-state index in [1.807, 2.05) is 0 Å². The highest BCUT2D eigenvalue weighted by Gasteiger charge is 1.94. The van der Waals surface area contributed by atoms with E-state index in [1.165, 1.54) is 7.11 Å². The topological polar surface area (TPSA) is 9.23 Å². The Bertz CT molecular complexity index is 32.0. The van der Waals surface area contributed by atoms with Crippen LogP contribution in [0.3, 0.4) is 0 Å². The number of alkyl halides is 2. The summed E-state index contributed by atoms with van der Waals surface area (Å²) in [6, 6.07) is 0. The lowest BCUT2D eigenvalue weighted by atomic mass is 10.8. The molecule has 0 aliphatic carbocycles. The first-order chi connectivity index (χ1) is 2.77. The molecule has 1 nitrogen and oxygen atoms in total. The van der Waals surface area contributed by atoms with Crippen molar-refractivity contribution in [1.82, 2.24) is 0 Å². The van der Waals surface area contributed by atoms with E-state index in [2.05, 4.69) is 4.74 Å². The Kier molecular flexibility index (Phi) is 3.47. The Morgan fingerprint density at radius 2 is 2.50 bits per heavy atom. The van der Waals surface area contributed by atoms with Crippen LogP contribution < -0.4 is 0 Å². The molecule has 0 heterocycles. The van der Waals surface area contributed by atoms with Crippen molar-refractivity contribution in [3.8, 4) is 0 Å². The third-order valence-electron chi connectivity index (χ3n) is 0.293. The highest BCUT2D eigenvalue weighted by atomic mass is 35.5. The van der Waals surface area contributed by atoms with Crippen LogP contribution >= 0.6 is 11.6 Å². The Morgan fingerprint density at radius 3 is 2.50 bits per heavy atom. The van der Waals surface area contributed by atoms with Crippen LogP contribution in [0, 0.1) is 0 Å². The van der Waals surface area contributed by atoms with Crippen molar-refractivity contribution in [2.24, 2.45) is 0 Å². The van der Waals surface area contributed by atoms with Crippen LogP contribution in [0.25, 0.3) is 0 Å². The van der Waals surface area contributed by atoms with E-state index in [0.29, 0.717) is 0 Å². The van der Waals surface area contributed by atoms with Crippen molar-refractivity contribution >= 4 is 11.6 Å². The lowest BCUT2D eigenvalue weighted by Crippen LogP contribution is -1.97. The molecule has 1 atom stereocenters. The van der Waals surface area contributed by atoms with Gasteiger partial charge < -0.3 is 4.74 Å². The maximum absolute atomic E-state index is 11.3. The molecule has 38 valence electrons. The largest absolute Gasteiger partial charge is 0.380 e. The molecule has 0 aromatic rings. The summed E-state index contributed by atoms with van der Waals surface area (Å²) in [6.45, 7) is -0.0262. The first-order valence-electron chi connectivity index (χ1n) is 1.54. The third kappa shape index (κ3) is 4.18. The molecule has 0 spiro atoms. The van der Waals surface area contributed by atoms with E-state index in [-0.39, 0.29) is 6.61 Å². The summed E-state index contributed by atoms with van der Waals surface area (Å²) in [5.41, 5.74) is -1.35. The molecule has 0 N–H and O–H groups in total. The van der Waals surface area contributed by atoms with Gasteiger partial charge >= 0.3 is 0 Å². The van der Waals surface area contributed by atoms with Crippen molar-refractivity contribution in [2.45, 2.75) is 5.63 Å². The molecule has 3 heteroatoms. The fraction of sp³-hybridized carbons (Fsp3) is 1.00. The average molecular weight is 113 g/mol. The van der Waals surface area contributed by atoms with Crippen LogP contribution in [0.15, 0.2) is 0 Å². The first kappa shape index (κ1) is 6.18. The Hall–Kier alpha value is 0.180. The van der Waals surface area contributed by atoms with Gasteiger partial charge in [0.1, 0.15) is 0 Å². The average Bonchev–Trinajstić information content (AvgIpc) is 1.35. The van der Waals surface area contributed by atoms with Crippen molar-refractivity contribution in [1.29, 1.82) is 0 Å². The molecular weight excluding hydrogens is 106 g/mol. The standard InChI is InChI=1S/C3H6ClFO/c1-6-2-3(4)5/h3H,2H2,1H3. The monoisotopic (exact) mass is 112 g/mol. The Balaban J connectivity index is 2.63. The summed E-state index contributed by atoms with van der Waals surface area (Å²) >= 11 is 4.79. The van der Waals surface area contributed by atoms with Gasteiger partial charge in [-0.3, -0.25) is 0 Å². The SMILES string of the molecule is COCC(F)Cl. The van der Waals surface area contributed by atoms with Crippen molar-refractivity contribution in [3.05, 3.63) is 0 Å². The van der Waals surface area contributed by atoms with E-state index in [4.69, 9.17) is 11.6 Å². The fourth-order valence-electron chi connectivity index (χ4n) is 0.126. The Labute approximate surface area is 41.1 Å². The smallest absolute Gasteiger partial charge is 0.196 e. The molecule has 0 bridgehead atoms. The predicted molar refractivity (Wildman–Crippen MR) is 22.6 cm³/mol. The number of rotatable bonds is 2. The van der Waals surface area contributed by atoms with E-state index < -0.39 is 5.63 Å². The number of hydrogen-bond acceptors (Lipinski definition) is 1. The van der Waals surface area contributed by atoms with Crippen molar-refractivity contribution in [2.75, 3.05) is 13.7 Å². The van der Waals surface area contributed by atoms with Crippen LogP contribution in [0.4, 0.5) is 4.39 Å². The zero-order valence-electron chi connectivity index (χ0n) is 3.45. The lowest BCUT2D eigenvalue weighted by Gasteiger charge is -1.91. The molecule has 0 aromatic carbocycles. The summed E-state index contributed by atoms with van der Waals surface area (Å²) in [5.74, 6) is 0. The van der Waals surface area contributed by atoms with Gasteiger partial charge in [0, 0.05) is 7.11 Å². The first-order valence-corrected chi connectivity index (χ1v) is 1.98. The van der Waals surface area contributed by atoms with Gasteiger partial charge in [0.25, 0.3) is 0 Å². The predicted octanol–water partition coefficient (Wildman–Crippen LogP) is 1.17. The lowest BCUT2D eigenvalue weighted by molar-refractivity contribution is 0.159. The highest BCUT2D eigenvalue weighted by molar-refractivity contribution is 6.19.